The number of β-amino-alcohol motifs (C(OH)–C–C–N with tert-alkyl or cyclic N) is 1. The number of piperidine rings is 2. The van der Waals surface area contributed by atoms with Crippen LogP contribution in [-0.2, 0) is 83.0 Å². The summed E-state index contributed by atoms with van der Waals surface area (Å²) in [5, 5.41) is 12.1. The first-order valence-corrected chi connectivity index (χ1v) is 39.8. The molecule has 0 radical (unpaired) electrons. The van der Waals surface area contributed by atoms with Gasteiger partial charge in [-0.2, -0.15) is 0 Å². The molecule has 11 rings (SSSR count). The second-order valence-electron chi connectivity index (χ2n) is 30.4. The van der Waals surface area contributed by atoms with Crippen LogP contribution in [0.1, 0.15) is 244 Å². The number of aromatic nitrogens is 1. The second kappa shape index (κ2) is 57.1. The molecular weight excluding hydrogens is 1420 g/mol. The van der Waals surface area contributed by atoms with Crippen LogP contribution in [0.25, 0.3) is 0 Å². The Morgan fingerprint density at radius 2 is 1.05 bits per heavy atom. The average molecular weight is 1560 g/mol. The van der Waals surface area contributed by atoms with Crippen molar-refractivity contribution in [1.82, 2.24) is 44.6 Å². The molecule has 5 unspecified atom stereocenters. The standard InChI is InChI=1S/C9H16O2.C8H10N2O.2C8H15NO2.C8H11NO.C8H14O2.C7H13NO2.2C7H13NO.C6H10FNO.C6H11NO2/c1-8(10)5-6-9-4-2-3-7-11-9;1-7(11)10-6-8-4-2-3-5-9-8;1-7(10)9-5-3-8(11-2)4-6-9;1-7(10)9(2)8-5-3-4-6-11-8;1-7(10)4-5-8-3-2-6-9-8;1-7(9)4-5-8-3-2-6-10-8;1-6(9)8-4-3-7(2,10)5-8;1-6-3-4-8(5-6)7(2)9;1-7(9)8-5-3-2-4-6-8;1-5(9)8-3-6(2,7)4-8;1-5(8)7-3-6(4-7)9-2/h9H,2-7H2,1H3;2-5H,6H2,1H3,(H,10,11);2*8H,3-6H2,1-2H3;3,6H,2,4-5H2,1H3;8H,2-6H2,1H3;10H,3-5H2,1-2H3;6H,3-5H2,1-2H3;2-6H2,1H3;3-4H2,1-2H3;6H,3-4H2,1-2H3. The van der Waals surface area contributed by atoms with Gasteiger partial charge in [0.1, 0.15) is 29.2 Å². The molecule has 11 heterocycles. The minimum Gasteiger partial charge on any atom is -0.388 e. The number of hydrogen-bond donors (Lipinski definition) is 2. The van der Waals surface area contributed by atoms with Gasteiger partial charge >= 0.3 is 0 Å². The summed E-state index contributed by atoms with van der Waals surface area (Å²) in [5.74, 6) is 2.35. The molecule has 628 valence electrons. The zero-order valence-corrected chi connectivity index (χ0v) is 70.2. The maximum atomic E-state index is 12.6. The molecule has 0 spiro atoms. The summed E-state index contributed by atoms with van der Waals surface area (Å²) in [7, 11) is 5.19. The number of alkyl halides is 1. The van der Waals surface area contributed by atoms with Crippen LogP contribution in [0, 0.1) is 5.92 Å². The first kappa shape index (κ1) is 101. The van der Waals surface area contributed by atoms with Gasteiger partial charge in [-0.25, -0.2) is 4.39 Å². The average Bonchev–Trinajstić information content (AvgIpc) is 1.07. The van der Waals surface area contributed by atoms with Crippen molar-refractivity contribution < 1.29 is 85.9 Å². The monoisotopic (exact) mass is 1560 g/mol. The molecule has 8 amide bonds. The van der Waals surface area contributed by atoms with Crippen molar-refractivity contribution in [2.45, 2.75) is 287 Å². The van der Waals surface area contributed by atoms with Crippen LogP contribution in [-0.4, -0.2) is 277 Å². The van der Waals surface area contributed by atoms with Crippen LogP contribution in [0.15, 0.2) is 41.2 Å². The summed E-state index contributed by atoms with van der Waals surface area (Å²) < 4.78 is 39.0. The van der Waals surface area contributed by atoms with Crippen LogP contribution in [0.2, 0.25) is 0 Å². The number of pyridine rings is 1. The van der Waals surface area contributed by atoms with Crippen molar-refractivity contribution in [2.24, 2.45) is 10.9 Å². The molecule has 2 N–H and O–H groups in total. The number of methoxy groups -OCH3 is 2. The Labute approximate surface area is 657 Å². The molecule has 9 fully saturated rings. The topological polar surface area (TPSA) is 314 Å². The quantitative estimate of drug-likeness (QED) is 0.175. The lowest BCUT2D eigenvalue weighted by Gasteiger charge is -2.41. The Morgan fingerprint density at radius 1 is 0.555 bits per heavy atom. The number of allylic oxidation sites excluding steroid dienone is 2. The Morgan fingerprint density at radius 3 is 1.39 bits per heavy atom. The fourth-order valence-electron chi connectivity index (χ4n) is 12.3. The van der Waals surface area contributed by atoms with Gasteiger partial charge in [0.05, 0.1) is 55.3 Å². The smallest absolute Gasteiger partial charge is 0.221 e. The molecule has 10 aliphatic heterocycles. The summed E-state index contributed by atoms with van der Waals surface area (Å²) in [4.78, 5) is 138. The number of carbonyl (C=O) groups excluding carboxylic acids is 11. The van der Waals surface area contributed by atoms with Crippen LogP contribution < -0.4 is 5.32 Å². The zero-order valence-electron chi connectivity index (χ0n) is 70.2. The van der Waals surface area contributed by atoms with Crippen molar-refractivity contribution in [3.05, 3.63) is 41.9 Å². The molecule has 28 heteroatoms. The summed E-state index contributed by atoms with van der Waals surface area (Å²) in [6.45, 7) is 34.8. The van der Waals surface area contributed by atoms with Crippen molar-refractivity contribution in [3.8, 4) is 0 Å². The van der Waals surface area contributed by atoms with Gasteiger partial charge in [0, 0.05) is 206 Å². The normalized spacial score (nSPS) is 21.9. The molecule has 5 atom stereocenters. The third-order valence-corrected chi connectivity index (χ3v) is 19.6. The number of Topliss-reactive ketones (excluding diaryl/α,β-unsaturated/α-hetero) is 3. The van der Waals surface area contributed by atoms with E-state index in [1.54, 1.807) is 104 Å². The van der Waals surface area contributed by atoms with Gasteiger partial charge in [-0.1, -0.05) is 19.1 Å². The van der Waals surface area contributed by atoms with Crippen molar-refractivity contribution >= 4 is 70.8 Å². The van der Waals surface area contributed by atoms with Gasteiger partial charge in [-0.05, 0) is 168 Å². The first-order valence-electron chi connectivity index (χ1n) is 39.8. The van der Waals surface area contributed by atoms with E-state index in [-0.39, 0.29) is 90.0 Å². The molecule has 27 nitrogen and oxygen atoms in total. The fourth-order valence-corrected chi connectivity index (χ4v) is 12.3. The number of amides is 8. The fraction of sp³-hybridized carbons (Fsp3) is 0.768. The van der Waals surface area contributed by atoms with Crippen LogP contribution >= 0.6 is 0 Å². The van der Waals surface area contributed by atoms with Gasteiger partial charge in [0.15, 0.2) is 0 Å². The van der Waals surface area contributed by atoms with Gasteiger partial charge in [0.2, 0.25) is 47.3 Å². The maximum Gasteiger partial charge on any atom is 0.221 e. The lowest BCUT2D eigenvalue weighted by atomic mass is 9.99. The number of halogens is 1. The van der Waals surface area contributed by atoms with E-state index in [0.29, 0.717) is 69.5 Å². The van der Waals surface area contributed by atoms with E-state index < -0.39 is 11.3 Å². The van der Waals surface area contributed by atoms with Gasteiger partial charge in [-0.3, -0.25) is 48.3 Å². The highest BCUT2D eigenvalue weighted by Crippen LogP contribution is 2.25. The highest BCUT2D eigenvalue weighted by atomic mass is 19.1. The lowest BCUT2D eigenvalue weighted by Crippen LogP contribution is -2.58. The highest BCUT2D eigenvalue weighted by molar-refractivity contribution is 5.78. The molecule has 110 heavy (non-hydrogen) atoms. The minimum absolute atomic E-state index is 0.0289. The minimum atomic E-state index is -1.12. The Bertz CT molecular complexity index is 2900. The van der Waals surface area contributed by atoms with Gasteiger partial charge in [-0.15, -0.1) is 0 Å². The predicted molar refractivity (Wildman–Crippen MR) is 424 cm³/mol. The van der Waals surface area contributed by atoms with Crippen LogP contribution in [0.5, 0.6) is 0 Å². The van der Waals surface area contributed by atoms with E-state index in [4.69, 9.17) is 23.7 Å². The third kappa shape index (κ3) is 49.4. The molecule has 0 saturated carbocycles. The van der Waals surface area contributed by atoms with E-state index in [9.17, 15) is 62.2 Å². The largest absolute Gasteiger partial charge is 0.388 e. The van der Waals surface area contributed by atoms with E-state index >= 15 is 0 Å². The number of ketones is 3. The van der Waals surface area contributed by atoms with Crippen LogP contribution in [0.4, 0.5) is 4.39 Å². The zero-order chi connectivity index (χ0) is 82.8. The van der Waals surface area contributed by atoms with Crippen molar-refractivity contribution in [1.29, 1.82) is 0 Å². The van der Waals surface area contributed by atoms with E-state index in [2.05, 4.69) is 28.3 Å². The number of likely N-dealkylation sites (tertiary alicyclic amines) is 6. The summed E-state index contributed by atoms with van der Waals surface area (Å²) in [6.07, 6.45) is 29.4. The molecule has 1 aromatic rings. The third-order valence-electron chi connectivity index (χ3n) is 19.6. The number of carbonyl (C=O) groups is 11. The number of ether oxygens (including phenoxy) is 5. The van der Waals surface area contributed by atoms with E-state index in [0.717, 1.165) is 148 Å². The van der Waals surface area contributed by atoms with Gasteiger partial charge in [0.25, 0.3) is 0 Å². The molecule has 9 saturated heterocycles. The molecule has 0 aromatic carbocycles. The number of aliphatic hydroxyl groups is 1. The number of nitrogens with one attached hydrogen (secondary N) is 1. The molecule has 0 bridgehead atoms. The van der Waals surface area contributed by atoms with Crippen molar-refractivity contribution in [2.75, 3.05) is 120 Å². The molecular formula is C82H141FN10O17. The number of nitrogens with zero attached hydrogens (tertiary/aromatic N) is 9. The van der Waals surface area contributed by atoms with E-state index in [1.165, 1.54) is 84.0 Å². The maximum absolute atomic E-state index is 12.6. The highest BCUT2D eigenvalue weighted by Gasteiger charge is 2.40. The summed E-state index contributed by atoms with van der Waals surface area (Å²) in [6, 6.07) is 5.61. The predicted octanol–water partition coefficient (Wildman–Crippen LogP) is 9.85. The summed E-state index contributed by atoms with van der Waals surface area (Å²) in [5.41, 5.74) is 0.176. The van der Waals surface area contributed by atoms with E-state index in [1.807, 2.05) is 39.1 Å². The lowest BCUT2D eigenvalue weighted by molar-refractivity contribution is -0.145. The van der Waals surface area contributed by atoms with Crippen LogP contribution in [0.3, 0.4) is 0 Å². The number of hydrogen-bond acceptors (Lipinski definition) is 19. The molecule has 10 aliphatic rings. The summed E-state index contributed by atoms with van der Waals surface area (Å²) >= 11 is 0. The SMILES string of the molecule is CC(=O)CCC1=CCC=N1.CC(=O)CCC1CCCCO1.CC(=O)CCC1CCCO1.CC(=O)N(C)C1CCCCO1.CC(=O)N1CC(C)(F)C1.CC(=O)N1CCC(C)(O)C1.CC(=O)N1CCC(C)C1.CC(=O)N1CCCCC1.CC(=O)NCc1ccccn1.COC1CCN(C(C)=O)CC1.COC1CN(C(C)=O)C1. The number of rotatable bonds is 14. The first-order chi connectivity index (χ1) is 51.9. The van der Waals surface area contributed by atoms with Crippen molar-refractivity contribution in [3.63, 3.8) is 0 Å². The van der Waals surface area contributed by atoms with Gasteiger partial charge < -0.3 is 82.8 Å². The Balaban J connectivity index is 0.000000605. The second-order valence-corrected chi connectivity index (χ2v) is 30.4. The molecule has 1 aromatic heterocycles. The number of aliphatic imine (C=N–C) groups is 1. The Hall–Kier alpha value is -6.98. The molecule has 0 aliphatic carbocycles. The Kier molecular flexibility index (Phi) is 52.5.